The van der Waals surface area contributed by atoms with E-state index in [0.29, 0.717) is 12.0 Å². The lowest BCUT2D eigenvalue weighted by Gasteiger charge is -1.95. The van der Waals surface area contributed by atoms with Crippen molar-refractivity contribution in [1.82, 2.24) is 4.98 Å². The number of anilines is 1. The molecule has 0 atom stereocenters. The first kappa shape index (κ1) is 9.20. The van der Waals surface area contributed by atoms with Crippen molar-refractivity contribution < 1.29 is 9.18 Å². The molecule has 1 aromatic heterocycles. The quantitative estimate of drug-likeness (QED) is 0.509. The minimum absolute atomic E-state index is 0.124. The molecule has 0 aliphatic carbocycles. The number of rotatable bonds is 1. The average Bonchev–Trinajstić information content (AvgIpc) is 2.09. The Morgan fingerprint density at radius 2 is 2.46 bits per heavy atom. The van der Waals surface area contributed by atoms with Gasteiger partial charge >= 0.3 is 0 Å². The molecule has 0 aliphatic heterocycles. The van der Waals surface area contributed by atoms with Crippen molar-refractivity contribution in [3.05, 3.63) is 23.8 Å². The van der Waals surface area contributed by atoms with Gasteiger partial charge in [-0.05, 0) is 5.92 Å². The minimum atomic E-state index is -0.501. The zero-order valence-corrected chi connectivity index (χ0v) is 6.75. The van der Waals surface area contributed by atoms with Crippen LogP contribution < -0.4 is 5.73 Å². The molecule has 1 heterocycles. The predicted octanol–water partition coefficient (Wildman–Crippen LogP) is 0.743. The number of pyridine rings is 1. The molecule has 0 aromatic carbocycles. The monoisotopic (exact) mass is 178 g/mol. The van der Waals surface area contributed by atoms with Crippen LogP contribution in [0.5, 0.6) is 0 Å². The molecule has 4 heteroatoms. The van der Waals surface area contributed by atoms with E-state index in [0.717, 1.165) is 12.3 Å². The number of carbonyl (C=O) groups is 1. The van der Waals surface area contributed by atoms with Gasteiger partial charge in [0.05, 0.1) is 18.3 Å². The van der Waals surface area contributed by atoms with Gasteiger partial charge in [0.2, 0.25) is 0 Å². The fourth-order valence-corrected chi connectivity index (χ4v) is 0.736. The van der Waals surface area contributed by atoms with Gasteiger partial charge in [0.1, 0.15) is 17.8 Å². The summed E-state index contributed by atoms with van der Waals surface area (Å²) in [6, 6.07) is 1.14. The summed E-state index contributed by atoms with van der Waals surface area (Å²) in [7, 11) is 0. The van der Waals surface area contributed by atoms with Crippen LogP contribution in [0.4, 0.5) is 10.1 Å². The molecule has 66 valence electrons. The maximum Gasteiger partial charge on any atom is 0.143 e. The zero-order chi connectivity index (χ0) is 9.68. The SMILES string of the molecule is Nc1cc(F)cnc1C#CCC=O. The number of halogens is 1. The van der Waals surface area contributed by atoms with Crippen molar-refractivity contribution in [1.29, 1.82) is 0 Å². The van der Waals surface area contributed by atoms with Gasteiger partial charge in [0, 0.05) is 6.07 Å². The van der Waals surface area contributed by atoms with E-state index < -0.39 is 5.82 Å². The Kier molecular flexibility index (Phi) is 2.98. The second kappa shape index (κ2) is 4.21. The lowest BCUT2D eigenvalue weighted by atomic mass is 10.3. The Hall–Kier alpha value is -1.89. The molecule has 0 spiro atoms. The molecule has 0 radical (unpaired) electrons. The molecule has 0 bridgehead atoms. The van der Waals surface area contributed by atoms with Gasteiger partial charge in [-0.15, -0.1) is 0 Å². The Morgan fingerprint density at radius 1 is 1.69 bits per heavy atom. The van der Waals surface area contributed by atoms with Crippen molar-refractivity contribution >= 4 is 12.0 Å². The lowest BCUT2D eigenvalue weighted by Crippen LogP contribution is -1.94. The maximum absolute atomic E-state index is 12.5. The molecular weight excluding hydrogens is 171 g/mol. The highest BCUT2D eigenvalue weighted by molar-refractivity contribution is 5.57. The van der Waals surface area contributed by atoms with Gasteiger partial charge in [0.15, 0.2) is 0 Å². The van der Waals surface area contributed by atoms with Gasteiger partial charge < -0.3 is 10.5 Å². The molecular formula is C9H7FN2O. The normalized spacial score (nSPS) is 8.69. The molecule has 0 aliphatic rings. The number of hydrogen-bond donors (Lipinski definition) is 1. The Labute approximate surface area is 74.8 Å². The number of nitrogens with zero attached hydrogens (tertiary/aromatic N) is 1. The van der Waals surface area contributed by atoms with Crippen molar-refractivity contribution in [2.24, 2.45) is 0 Å². The molecule has 0 amide bonds. The molecule has 0 saturated carbocycles. The zero-order valence-electron chi connectivity index (χ0n) is 6.75. The Morgan fingerprint density at radius 3 is 3.08 bits per heavy atom. The Balaban J connectivity index is 2.91. The summed E-state index contributed by atoms with van der Waals surface area (Å²) in [6.07, 6.45) is 1.83. The molecule has 0 unspecified atom stereocenters. The maximum atomic E-state index is 12.5. The van der Waals surface area contributed by atoms with Crippen molar-refractivity contribution in [2.45, 2.75) is 6.42 Å². The molecule has 13 heavy (non-hydrogen) atoms. The van der Waals surface area contributed by atoms with Crippen LogP contribution in [-0.2, 0) is 4.79 Å². The van der Waals surface area contributed by atoms with Crippen LogP contribution >= 0.6 is 0 Å². The number of carbonyl (C=O) groups excluding carboxylic acids is 1. The van der Waals surface area contributed by atoms with Crippen molar-refractivity contribution in [3.8, 4) is 11.8 Å². The highest BCUT2D eigenvalue weighted by Gasteiger charge is 1.97. The standard InChI is InChI=1S/C9H7FN2O/c10-7-5-8(11)9(12-6-7)3-1-2-4-13/h4-6H,2,11H2. The fourth-order valence-electron chi connectivity index (χ4n) is 0.736. The average molecular weight is 178 g/mol. The van der Waals surface area contributed by atoms with E-state index in [1.807, 2.05) is 0 Å². The van der Waals surface area contributed by atoms with Crippen LogP contribution in [0, 0.1) is 17.7 Å². The van der Waals surface area contributed by atoms with Crippen LogP contribution in [0.15, 0.2) is 12.3 Å². The number of hydrogen-bond acceptors (Lipinski definition) is 3. The minimum Gasteiger partial charge on any atom is -0.396 e. The van der Waals surface area contributed by atoms with E-state index in [2.05, 4.69) is 16.8 Å². The van der Waals surface area contributed by atoms with Gasteiger partial charge in [-0.25, -0.2) is 9.37 Å². The lowest BCUT2D eigenvalue weighted by molar-refractivity contribution is -0.107. The first-order valence-electron chi connectivity index (χ1n) is 3.57. The van der Waals surface area contributed by atoms with Crippen LogP contribution in [-0.4, -0.2) is 11.3 Å². The third-order valence-corrected chi connectivity index (χ3v) is 1.28. The second-order valence-electron chi connectivity index (χ2n) is 2.26. The van der Waals surface area contributed by atoms with E-state index in [1.165, 1.54) is 0 Å². The summed E-state index contributed by atoms with van der Waals surface area (Å²) in [5, 5.41) is 0. The molecule has 1 rings (SSSR count). The van der Waals surface area contributed by atoms with Crippen molar-refractivity contribution in [3.63, 3.8) is 0 Å². The molecule has 1 aromatic rings. The largest absolute Gasteiger partial charge is 0.396 e. The number of nitrogens with two attached hydrogens (primary N) is 1. The molecule has 2 N–H and O–H groups in total. The first-order chi connectivity index (χ1) is 6.24. The molecule has 0 fully saturated rings. The third-order valence-electron chi connectivity index (χ3n) is 1.28. The van der Waals surface area contributed by atoms with E-state index in [1.54, 1.807) is 0 Å². The third kappa shape index (κ3) is 2.56. The van der Waals surface area contributed by atoms with Crippen LogP contribution in [0.1, 0.15) is 12.1 Å². The molecule has 0 saturated heterocycles. The summed E-state index contributed by atoms with van der Waals surface area (Å²) in [6.45, 7) is 0. The summed E-state index contributed by atoms with van der Waals surface area (Å²) < 4.78 is 12.5. The summed E-state index contributed by atoms with van der Waals surface area (Å²) in [5.74, 6) is 4.58. The van der Waals surface area contributed by atoms with Gasteiger partial charge in [-0.2, -0.15) is 0 Å². The summed E-state index contributed by atoms with van der Waals surface area (Å²) in [4.78, 5) is 13.6. The number of aldehydes is 1. The topological polar surface area (TPSA) is 56.0 Å². The predicted molar refractivity (Wildman–Crippen MR) is 46.2 cm³/mol. The Bertz CT molecular complexity index is 379. The van der Waals surface area contributed by atoms with Crippen molar-refractivity contribution in [2.75, 3.05) is 5.73 Å². The highest BCUT2D eigenvalue weighted by atomic mass is 19.1. The first-order valence-corrected chi connectivity index (χ1v) is 3.57. The summed E-state index contributed by atoms with van der Waals surface area (Å²) in [5.41, 5.74) is 5.88. The van der Waals surface area contributed by atoms with E-state index >= 15 is 0 Å². The fraction of sp³-hybridized carbons (Fsp3) is 0.111. The van der Waals surface area contributed by atoms with E-state index in [4.69, 9.17) is 5.73 Å². The second-order valence-corrected chi connectivity index (χ2v) is 2.26. The molecule has 3 nitrogen and oxygen atoms in total. The van der Waals surface area contributed by atoms with Crippen LogP contribution in [0.3, 0.4) is 0 Å². The van der Waals surface area contributed by atoms with Gasteiger partial charge in [-0.1, -0.05) is 5.92 Å². The van der Waals surface area contributed by atoms with E-state index in [-0.39, 0.29) is 12.1 Å². The highest BCUT2D eigenvalue weighted by Crippen LogP contribution is 2.07. The smallest absolute Gasteiger partial charge is 0.143 e. The number of aromatic nitrogens is 1. The van der Waals surface area contributed by atoms with E-state index in [9.17, 15) is 9.18 Å². The van der Waals surface area contributed by atoms with Gasteiger partial charge in [-0.3, -0.25) is 0 Å². The number of nitrogen functional groups attached to an aromatic ring is 1. The van der Waals surface area contributed by atoms with Crippen LogP contribution in [0.2, 0.25) is 0 Å². The summed E-state index contributed by atoms with van der Waals surface area (Å²) >= 11 is 0. The van der Waals surface area contributed by atoms with Gasteiger partial charge in [0.25, 0.3) is 0 Å². The van der Waals surface area contributed by atoms with Crippen LogP contribution in [0.25, 0.3) is 0 Å².